The first-order valence-electron chi connectivity index (χ1n) is 15.6. The summed E-state index contributed by atoms with van der Waals surface area (Å²) in [6.45, 7) is 5.24. The van der Waals surface area contributed by atoms with E-state index in [9.17, 15) is 28.4 Å². The van der Waals surface area contributed by atoms with Gasteiger partial charge in [0.25, 0.3) is 0 Å². The Morgan fingerprint density at radius 3 is 2.62 bits per heavy atom. The molecule has 45 heavy (non-hydrogen) atoms. The molecule has 5 atom stereocenters. The zero-order valence-electron chi connectivity index (χ0n) is 26.0. The molecule has 0 radical (unpaired) electrons. The van der Waals surface area contributed by atoms with Crippen LogP contribution in [0.3, 0.4) is 0 Å². The lowest BCUT2D eigenvalue weighted by atomic mass is 10.0. The predicted octanol–water partition coefficient (Wildman–Crippen LogP) is 3.02. The Kier molecular flexibility index (Phi) is 9.09. The molecule has 0 bridgehead atoms. The highest BCUT2D eigenvalue weighted by atomic mass is 19.1. The fourth-order valence-corrected chi connectivity index (χ4v) is 6.37. The van der Waals surface area contributed by atoms with Crippen molar-refractivity contribution in [2.24, 2.45) is 11.7 Å². The van der Waals surface area contributed by atoms with Crippen LogP contribution in [0, 0.1) is 11.7 Å². The summed E-state index contributed by atoms with van der Waals surface area (Å²) in [5.41, 5.74) is 4.78. The maximum Gasteiger partial charge on any atom is 0.410 e. The Balaban J connectivity index is 1.37. The van der Waals surface area contributed by atoms with Gasteiger partial charge in [0, 0.05) is 24.4 Å². The molecule has 5 rings (SSSR count). The maximum absolute atomic E-state index is 14.3. The Morgan fingerprint density at radius 2 is 1.91 bits per heavy atom. The van der Waals surface area contributed by atoms with Crippen LogP contribution in [0.1, 0.15) is 76.8 Å². The van der Waals surface area contributed by atoms with E-state index in [1.165, 1.54) is 15.9 Å². The van der Waals surface area contributed by atoms with E-state index in [1.807, 2.05) is 12.2 Å². The highest BCUT2D eigenvalue weighted by Crippen LogP contribution is 2.45. The van der Waals surface area contributed by atoms with Crippen molar-refractivity contribution in [2.75, 3.05) is 6.54 Å². The van der Waals surface area contributed by atoms with E-state index in [4.69, 9.17) is 15.2 Å². The number of halogens is 1. The van der Waals surface area contributed by atoms with Gasteiger partial charge in [-0.05, 0) is 58.1 Å². The SMILES string of the molecule is CC(C)(C)OC(=O)N[C@H]1CCCCC/C=C\[C@H]2C[C@@]2(C(N)=O)NC(=O)[C@@H]2C[C@@H](OC(=O)N3Cc4cccc(F)c4C3)CN2C1=O. The highest BCUT2D eigenvalue weighted by molar-refractivity contribution is 5.97. The number of alkyl carbamates (subject to hydrolysis) is 1. The molecule has 1 aromatic rings. The number of benzene rings is 1. The Morgan fingerprint density at radius 1 is 1.13 bits per heavy atom. The van der Waals surface area contributed by atoms with Gasteiger partial charge in [-0.1, -0.05) is 37.1 Å². The van der Waals surface area contributed by atoms with E-state index in [0.717, 1.165) is 19.3 Å². The zero-order valence-corrected chi connectivity index (χ0v) is 26.0. The van der Waals surface area contributed by atoms with E-state index in [1.54, 1.807) is 32.9 Å². The lowest BCUT2D eigenvalue weighted by molar-refractivity contribution is -0.141. The smallest absolute Gasteiger partial charge is 0.410 e. The van der Waals surface area contributed by atoms with Crippen LogP contribution in [0.15, 0.2) is 30.4 Å². The molecule has 4 N–H and O–H groups in total. The summed E-state index contributed by atoms with van der Waals surface area (Å²) in [6, 6.07) is 2.56. The first-order valence-corrected chi connectivity index (χ1v) is 15.6. The lowest BCUT2D eigenvalue weighted by Gasteiger charge is -2.30. The molecule has 2 fully saturated rings. The largest absolute Gasteiger partial charge is 0.444 e. The standard InChI is InChI=1S/C32H42FN5O7/c1-31(2,3)45-29(42)35-24-13-8-6-4-5-7-11-20-15-32(20,28(34)41)36-26(39)25-14-21(17-38(25)27(24)40)44-30(43)37-16-19-10-9-12-23(33)22(19)18-37/h7,9-12,20-21,24-25H,4-6,8,13-18H2,1-3H3,(H2,34,41)(H,35,42)(H,36,39)/b11-7-/t20-,21+,24-,25-,32+/m0/s1. The second kappa shape index (κ2) is 12.7. The number of nitrogens with two attached hydrogens (primary N) is 1. The monoisotopic (exact) mass is 627 g/mol. The Bertz CT molecular complexity index is 1390. The van der Waals surface area contributed by atoms with E-state index in [2.05, 4.69) is 10.6 Å². The third kappa shape index (κ3) is 7.23. The molecule has 3 heterocycles. The molecule has 3 aliphatic heterocycles. The molecule has 1 aromatic carbocycles. The summed E-state index contributed by atoms with van der Waals surface area (Å²) in [5, 5.41) is 5.48. The van der Waals surface area contributed by atoms with Crippen molar-refractivity contribution in [1.82, 2.24) is 20.4 Å². The molecule has 12 nitrogen and oxygen atoms in total. The van der Waals surface area contributed by atoms with Crippen molar-refractivity contribution >= 4 is 29.9 Å². The quantitative estimate of drug-likeness (QED) is 0.434. The van der Waals surface area contributed by atoms with Gasteiger partial charge >= 0.3 is 12.2 Å². The lowest BCUT2D eigenvalue weighted by Crippen LogP contribution is -2.57. The first kappa shape index (κ1) is 32.2. The highest BCUT2D eigenvalue weighted by Gasteiger charge is 2.60. The van der Waals surface area contributed by atoms with Gasteiger partial charge in [-0.25, -0.2) is 14.0 Å². The molecule has 5 amide bonds. The number of carbonyl (C=O) groups is 5. The van der Waals surface area contributed by atoms with Crippen LogP contribution in [-0.4, -0.2) is 75.6 Å². The number of amides is 5. The molecule has 0 aromatic heterocycles. The van der Waals surface area contributed by atoms with Gasteiger partial charge in [-0.3, -0.25) is 19.3 Å². The second-order valence-corrected chi connectivity index (χ2v) is 13.4. The molecule has 0 spiro atoms. The molecular formula is C32H42FN5O7. The minimum absolute atomic E-state index is 0.0348. The molecule has 1 saturated carbocycles. The van der Waals surface area contributed by atoms with Crippen molar-refractivity contribution < 1.29 is 37.8 Å². The van der Waals surface area contributed by atoms with Crippen molar-refractivity contribution in [1.29, 1.82) is 0 Å². The van der Waals surface area contributed by atoms with Gasteiger partial charge in [0.2, 0.25) is 17.7 Å². The fraction of sp³-hybridized carbons (Fsp3) is 0.594. The van der Waals surface area contributed by atoms with Crippen LogP contribution < -0.4 is 16.4 Å². The number of allylic oxidation sites excluding steroid dienone is 1. The number of primary amides is 1. The number of rotatable bonds is 3. The van der Waals surface area contributed by atoms with Crippen LogP contribution >= 0.6 is 0 Å². The summed E-state index contributed by atoms with van der Waals surface area (Å²) in [7, 11) is 0. The van der Waals surface area contributed by atoms with Crippen molar-refractivity contribution in [3.05, 3.63) is 47.3 Å². The van der Waals surface area contributed by atoms with E-state index < -0.39 is 65.1 Å². The van der Waals surface area contributed by atoms with Gasteiger partial charge in [0.1, 0.15) is 35.1 Å². The number of hydrogen-bond donors (Lipinski definition) is 3. The Hall–Kier alpha value is -4.16. The third-order valence-corrected chi connectivity index (χ3v) is 8.82. The number of nitrogens with one attached hydrogen (secondary N) is 2. The molecular weight excluding hydrogens is 585 g/mol. The summed E-state index contributed by atoms with van der Waals surface area (Å²) < 4.78 is 25.5. The van der Waals surface area contributed by atoms with Crippen LogP contribution in [0.5, 0.6) is 0 Å². The summed E-state index contributed by atoms with van der Waals surface area (Å²) in [6.07, 6.45) is 5.17. The summed E-state index contributed by atoms with van der Waals surface area (Å²) in [4.78, 5) is 68.9. The first-order chi connectivity index (χ1) is 21.3. The van der Waals surface area contributed by atoms with Crippen LogP contribution in [0.2, 0.25) is 0 Å². The predicted molar refractivity (Wildman–Crippen MR) is 160 cm³/mol. The second-order valence-electron chi connectivity index (χ2n) is 13.4. The molecule has 4 aliphatic rings. The number of carbonyl (C=O) groups excluding carboxylic acids is 5. The minimum atomic E-state index is -1.27. The third-order valence-electron chi connectivity index (χ3n) is 8.82. The topological polar surface area (TPSA) is 160 Å². The van der Waals surface area contributed by atoms with Gasteiger partial charge in [0.05, 0.1) is 13.1 Å². The minimum Gasteiger partial charge on any atom is -0.444 e. The average molecular weight is 628 g/mol. The zero-order chi connectivity index (χ0) is 32.5. The number of fused-ring (bicyclic) bond motifs is 3. The molecule has 0 unspecified atom stereocenters. The molecule has 1 saturated heterocycles. The number of nitrogens with zero attached hydrogens (tertiary/aromatic N) is 2. The van der Waals surface area contributed by atoms with Crippen molar-refractivity contribution in [3.63, 3.8) is 0 Å². The fourth-order valence-electron chi connectivity index (χ4n) is 6.37. The molecule has 244 valence electrons. The Labute approximate surface area is 261 Å². The van der Waals surface area contributed by atoms with Gasteiger partial charge < -0.3 is 30.7 Å². The normalized spacial score (nSPS) is 29.2. The van der Waals surface area contributed by atoms with E-state index in [0.29, 0.717) is 30.4 Å². The van der Waals surface area contributed by atoms with Crippen molar-refractivity contribution in [3.8, 4) is 0 Å². The number of ether oxygens (including phenoxy) is 2. The summed E-state index contributed by atoms with van der Waals surface area (Å²) in [5.74, 6) is -2.46. The van der Waals surface area contributed by atoms with Crippen LogP contribution in [0.4, 0.5) is 14.0 Å². The van der Waals surface area contributed by atoms with E-state index >= 15 is 0 Å². The average Bonchev–Trinajstić information content (AvgIpc) is 3.27. The van der Waals surface area contributed by atoms with Crippen LogP contribution in [0.25, 0.3) is 0 Å². The van der Waals surface area contributed by atoms with Crippen molar-refractivity contribution in [2.45, 2.75) is 108 Å². The molecule has 13 heteroatoms. The summed E-state index contributed by atoms with van der Waals surface area (Å²) >= 11 is 0. The van der Waals surface area contributed by atoms with E-state index in [-0.39, 0.29) is 32.0 Å². The maximum atomic E-state index is 14.3. The number of hydrogen-bond acceptors (Lipinski definition) is 7. The van der Waals surface area contributed by atoms with Crippen LogP contribution in [-0.2, 0) is 36.9 Å². The van der Waals surface area contributed by atoms with Gasteiger partial charge in [0.15, 0.2) is 0 Å². The van der Waals surface area contributed by atoms with Gasteiger partial charge in [-0.2, -0.15) is 0 Å². The van der Waals surface area contributed by atoms with Gasteiger partial charge in [-0.15, -0.1) is 0 Å². The molecule has 1 aliphatic carbocycles.